The van der Waals surface area contributed by atoms with Gasteiger partial charge in [-0.2, -0.15) is 5.26 Å². The lowest BCUT2D eigenvalue weighted by Crippen LogP contribution is -2.26. The molecule has 0 bridgehead atoms. The molecule has 1 aromatic carbocycles. The van der Waals surface area contributed by atoms with Crippen molar-refractivity contribution in [2.24, 2.45) is 0 Å². The third-order valence-electron chi connectivity index (χ3n) is 3.60. The van der Waals surface area contributed by atoms with E-state index in [2.05, 4.69) is 18.2 Å². The Morgan fingerprint density at radius 2 is 2.10 bits per heavy atom. The first-order valence-corrected chi connectivity index (χ1v) is 7.35. The van der Waals surface area contributed by atoms with Gasteiger partial charge >= 0.3 is 0 Å². The van der Waals surface area contributed by atoms with Gasteiger partial charge in [-0.05, 0) is 35.6 Å². The SMILES string of the molecule is CN(CC#N)C(=O)c1cc2c(s1)-c1ccccc1CC2. The second-order valence-corrected chi connectivity index (χ2v) is 5.99. The number of thiophene rings is 1. The van der Waals surface area contributed by atoms with Gasteiger partial charge in [0.1, 0.15) is 6.54 Å². The number of hydrogen-bond acceptors (Lipinski definition) is 3. The first-order chi connectivity index (χ1) is 9.70. The molecule has 20 heavy (non-hydrogen) atoms. The van der Waals surface area contributed by atoms with Gasteiger partial charge in [-0.1, -0.05) is 24.3 Å². The van der Waals surface area contributed by atoms with Gasteiger partial charge in [0.2, 0.25) is 0 Å². The number of carbonyl (C=O) groups is 1. The highest BCUT2D eigenvalue weighted by Crippen LogP contribution is 2.39. The van der Waals surface area contributed by atoms with Gasteiger partial charge in [0.05, 0.1) is 10.9 Å². The molecule has 1 aromatic heterocycles. The van der Waals surface area contributed by atoms with Crippen LogP contribution < -0.4 is 0 Å². The second-order valence-electron chi connectivity index (χ2n) is 4.94. The van der Waals surface area contributed by atoms with Crippen molar-refractivity contribution in [1.29, 1.82) is 5.26 Å². The minimum absolute atomic E-state index is 0.0663. The Labute approximate surface area is 122 Å². The van der Waals surface area contributed by atoms with Crippen LogP contribution in [0.4, 0.5) is 0 Å². The number of amides is 1. The first-order valence-electron chi connectivity index (χ1n) is 6.54. The van der Waals surface area contributed by atoms with Gasteiger partial charge in [-0.25, -0.2) is 0 Å². The van der Waals surface area contributed by atoms with Crippen LogP contribution >= 0.6 is 11.3 Å². The normalized spacial score (nSPS) is 12.2. The predicted octanol–water partition coefficient (Wildman–Crippen LogP) is 3.11. The standard InChI is InChI=1S/C16H14N2OS/c1-18(9-8-17)16(19)14-10-12-7-6-11-4-2-3-5-13(11)15(12)20-14/h2-5,10H,6-7,9H2,1H3. The molecule has 0 unspecified atom stereocenters. The van der Waals surface area contributed by atoms with Crippen LogP contribution in [0.25, 0.3) is 10.4 Å². The van der Waals surface area contributed by atoms with Crippen LogP contribution in [0.3, 0.4) is 0 Å². The van der Waals surface area contributed by atoms with E-state index < -0.39 is 0 Å². The maximum Gasteiger partial charge on any atom is 0.264 e. The van der Waals surface area contributed by atoms with Crippen LogP contribution in [-0.4, -0.2) is 24.4 Å². The Balaban J connectivity index is 1.99. The van der Waals surface area contributed by atoms with Gasteiger partial charge < -0.3 is 4.90 Å². The van der Waals surface area contributed by atoms with E-state index in [1.807, 2.05) is 18.2 Å². The Bertz CT molecular complexity index is 712. The molecule has 0 aliphatic heterocycles. The quantitative estimate of drug-likeness (QED) is 0.794. The molecule has 0 saturated heterocycles. The summed E-state index contributed by atoms with van der Waals surface area (Å²) < 4.78 is 0. The monoisotopic (exact) mass is 282 g/mol. The number of aryl methyl sites for hydroxylation is 2. The zero-order valence-electron chi connectivity index (χ0n) is 11.2. The fraction of sp³-hybridized carbons (Fsp3) is 0.250. The summed E-state index contributed by atoms with van der Waals surface area (Å²) in [4.78, 5) is 15.6. The Morgan fingerprint density at radius 1 is 1.35 bits per heavy atom. The zero-order valence-corrected chi connectivity index (χ0v) is 12.0. The minimum atomic E-state index is -0.0663. The van der Waals surface area contributed by atoms with Gasteiger partial charge in [-0.3, -0.25) is 4.79 Å². The average molecular weight is 282 g/mol. The van der Waals surface area contributed by atoms with Gasteiger partial charge in [-0.15, -0.1) is 11.3 Å². The molecule has 0 saturated carbocycles. The van der Waals surface area contributed by atoms with Crippen LogP contribution in [0.15, 0.2) is 30.3 Å². The number of nitrogens with zero attached hydrogens (tertiary/aromatic N) is 2. The smallest absolute Gasteiger partial charge is 0.264 e. The van der Waals surface area contributed by atoms with Crippen LogP contribution in [0.1, 0.15) is 20.8 Å². The van der Waals surface area contributed by atoms with E-state index in [9.17, 15) is 4.79 Å². The van der Waals surface area contributed by atoms with Crippen molar-refractivity contribution in [1.82, 2.24) is 4.90 Å². The molecule has 4 heteroatoms. The van der Waals surface area contributed by atoms with Crippen molar-refractivity contribution < 1.29 is 4.79 Å². The van der Waals surface area contributed by atoms with Crippen molar-refractivity contribution in [3.63, 3.8) is 0 Å². The van der Waals surface area contributed by atoms with Crippen molar-refractivity contribution in [2.45, 2.75) is 12.8 Å². The molecule has 3 nitrogen and oxygen atoms in total. The fourth-order valence-electron chi connectivity index (χ4n) is 2.54. The summed E-state index contributed by atoms with van der Waals surface area (Å²) in [6.45, 7) is 0.123. The number of fused-ring (bicyclic) bond motifs is 3. The lowest BCUT2D eigenvalue weighted by molar-refractivity contribution is 0.0816. The molecular weight excluding hydrogens is 268 g/mol. The van der Waals surface area contributed by atoms with E-state index in [0.717, 1.165) is 17.7 Å². The summed E-state index contributed by atoms with van der Waals surface area (Å²) in [6.07, 6.45) is 2.01. The molecule has 0 atom stereocenters. The molecule has 2 aromatic rings. The summed E-state index contributed by atoms with van der Waals surface area (Å²) in [5, 5.41) is 8.68. The van der Waals surface area contributed by atoms with E-state index in [1.54, 1.807) is 7.05 Å². The summed E-state index contributed by atoms with van der Waals surface area (Å²) >= 11 is 1.54. The molecule has 0 fully saturated rings. The molecule has 1 amide bonds. The second kappa shape index (κ2) is 5.10. The predicted molar refractivity (Wildman–Crippen MR) is 79.7 cm³/mol. The van der Waals surface area contributed by atoms with Crippen LogP contribution in [0, 0.1) is 11.3 Å². The molecule has 0 spiro atoms. The third-order valence-corrected chi connectivity index (χ3v) is 4.80. The summed E-state index contributed by atoms with van der Waals surface area (Å²) in [6, 6.07) is 12.4. The largest absolute Gasteiger partial charge is 0.328 e. The van der Waals surface area contributed by atoms with Crippen molar-refractivity contribution in [3.05, 3.63) is 46.3 Å². The highest BCUT2D eigenvalue weighted by Gasteiger charge is 2.22. The summed E-state index contributed by atoms with van der Waals surface area (Å²) in [5.74, 6) is -0.0663. The molecule has 100 valence electrons. The molecule has 0 N–H and O–H groups in total. The van der Waals surface area contributed by atoms with Gasteiger partial charge in [0, 0.05) is 11.9 Å². The molecule has 0 radical (unpaired) electrons. The molecule has 1 heterocycles. The highest BCUT2D eigenvalue weighted by atomic mass is 32.1. The first kappa shape index (κ1) is 12.9. The molecule has 1 aliphatic carbocycles. The number of carbonyl (C=O) groups excluding carboxylic acids is 1. The van der Waals surface area contributed by atoms with E-state index in [1.165, 1.54) is 37.8 Å². The van der Waals surface area contributed by atoms with Crippen molar-refractivity contribution >= 4 is 17.2 Å². The van der Waals surface area contributed by atoms with Crippen molar-refractivity contribution in [3.8, 4) is 16.5 Å². The Kier molecular flexibility index (Phi) is 3.29. The molecule has 1 aliphatic rings. The van der Waals surface area contributed by atoms with Crippen molar-refractivity contribution in [2.75, 3.05) is 13.6 Å². The van der Waals surface area contributed by atoms with Gasteiger partial charge in [0.15, 0.2) is 0 Å². The third kappa shape index (κ3) is 2.10. The number of nitriles is 1. The average Bonchev–Trinajstić information content (AvgIpc) is 2.91. The van der Waals surface area contributed by atoms with Crippen LogP contribution in [0.2, 0.25) is 0 Å². The zero-order chi connectivity index (χ0) is 14.1. The maximum atomic E-state index is 12.2. The molecule has 3 rings (SSSR count). The Morgan fingerprint density at radius 3 is 2.90 bits per heavy atom. The lowest BCUT2D eigenvalue weighted by atomic mass is 9.91. The number of hydrogen-bond donors (Lipinski definition) is 0. The minimum Gasteiger partial charge on any atom is -0.328 e. The summed E-state index contributed by atoms with van der Waals surface area (Å²) in [7, 11) is 1.66. The van der Waals surface area contributed by atoms with E-state index in [-0.39, 0.29) is 12.5 Å². The highest BCUT2D eigenvalue weighted by molar-refractivity contribution is 7.17. The maximum absolute atomic E-state index is 12.2. The summed E-state index contributed by atoms with van der Waals surface area (Å²) in [5.41, 5.74) is 3.86. The fourth-order valence-corrected chi connectivity index (χ4v) is 3.81. The number of rotatable bonds is 2. The topological polar surface area (TPSA) is 44.1 Å². The van der Waals surface area contributed by atoms with Gasteiger partial charge in [0.25, 0.3) is 5.91 Å². The van der Waals surface area contributed by atoms with E-state index in [0.29, 0.717) is 0 Å². The molecular formula is C16H14N2OS. The van der Waals surface area contributed by atoms with Crippen LogP contribution in [-0.2, 0) is 12.8 Å². The Hall–Kier alpha value is -2.12. The van der Waals surface area contributed by atoms with E-state index >= 15 is 0 Å². The van der Waals surface area contributed by atoms with Crippen LogP contribution in [0.5, 0.6) is 0 Å². The van der Waals surface area contributed by atoms with E-state index in [4.69, 9.17) is 5.26 Å². The lowest BCUT2D eigenvalue weighted by Gasteiger charge is -2.15. The number of benzene rings is 1.